The van der Waals surface area contributed by atoms with E-state index in [1.165, 1.54) is 0 Å². The number of nitrogens with zero attached hydrogens (tertiary/aromatic N) is 1. The van der Waals surface area contributed by atoms with Gasteiger partial charge in [0.1, 0.15) is 0 Å². The first-order valence-electron chi connectivity index (χ1n) is 6.80. The van der Waals surface area contributed by atoms with Gasteiger partial charge in [-0.2, -0.15) is 0 Å². The molecule has 1 aromatic carbocycles. The van der Waals surface area contributed by atoms with Crippen molar-refractivity contribution >= 4 is 21.8 Å². The molecule has 0 spiro atoms. The number of halogens is 1. The van der Waals surface area contributed by atoms with Gasteiger partial charge >= 0.3 is 0 Å². The summed E-state index contributed by atoms with van der Waals surface area (Å²) < 4.78 is 0.985. The van der Waals surface area contributed by atoms with E-state index in [2.05, 4.69) is 15.9 Å². The third-order valence-corrected chi connectivity index (χ3v) is 4.85. The Morgan fingerprint density at radius 1 is 1.53 bits per heavy atom. The lowest BCUT2D eigenvalue weighted by molar-refractivity contribution is 0.0660. The zero-order chi connectivity index (χ0) is 14.0. The van der Waals surface area contributed by atoms with E-state index < -0.39 is 0 Å². The van der Waals surface area contributed by atoms with Crippen LogP contribution in [0.1, 0.15) is 35.7 Å². The van der Waals surface area contributed by atoms with E-state index in [1.54, 1.807) is 0 Å². The number of rotatable bonds is 2. The summed E-state index contributed by atoms with van der Waals surface area (Å²) in [6.07, 6.45) is 2.17. The lowest BCUT2D eigenvalue weighted by Crippen LogP contribution is -2.45. The molecule has 1 saturated heterocycles. The van der Waals surface area contributed by atoms with Gasteiger partial charge in [0.05, 0.1) is 0 Å². The van der Waals surface area contributed by atoms with Crippen LogP contribution in [0.25, 0.3) is 0 Å². The van der Waals surface area contributed by atoms with Crippen molar-refractivity contribution in [2.45, 2.75) is 32.7 Å². The first kappa shape index (κ1) is 14.5. The minimum Gasteiger partial charge on any atom is -0.338 e. The summed E-state index contributed by atoms with van der Waals surface area (Å²) in [5.74, 6) is 0.550. The van der Waals surface area contributed by atoms with Crippen molar-refractivity contribution in [3.8, 4) is 0 Å². The third-order valence-electron chi connectivity index (χ3n) is 3.99. The van der Waals surface area contributed by atoms with Crippen LogP contribution in [0, 0.1) is 12.8 Å². The van der Waals surface area contributed by atoms with Crippen molar-refractivity contribution in [3.63, 3.8) is 0 Å². The van der Waals surface area contributed by atoms with Crippen LogP contribution in [0.4, 0.5) is 0 Å². The summed E-state index contributed by atoms with van der Waals surface area (Å²) in [7, 11) is 0. The summed E-state index contributed by atoms with van der Waals surface area (Å²) in [5, 5.41) is 0. The van der Waals surface area contributed by atoms with Gasteiger partial charge in [-0.05, 0) is 50.3 Å². The molecule has 0 bridgehead atoms. The molecule has 1 amide bonds. The molecule has 2 atom stereocenters. The van der Waals surface area contributed by atoms with Gasteiger partial charge < -0.3 is 10.6 Å². The molecule has 0 radical (unpaired) electrons. The highest BCUT2D eigenvalue weighted by atomic mass is 79.9. The summed E-state index contributed by atoms with van der Waals surface area (Å²) in [5.41, 5.74) is 7.78. The summed E-state index contributed by atoms with van der Waals surface area (Å²) in [6.45, 7) is 5.63. The molecule has 3 nitrogen and oxygen atoms in total. The second-order valence-corrected chi connectivity index (χ2v) is 6.28. The van der Waals surface area contributed by atoms with E-state index >= 15 is 0 Å². The van der Waals surface area contributed by atoms with E-state index in [4.69, 9.17) is 5.73 Å². The van der Waals surface area contributed by atoms with Gasteiger partial charge in [0.15, 0.2) is 0 Å². The molecular weight excluding hydrogens is 304 g/mol. The van der Waals surface area contributed by atoms with Crippen LogP contribution in [-0.2, 0) is 0 Å². The SMILES string of the molecule is Cc1c(Br)cccc1C(=O)N1CCC[C@@H]([C@H](C)N)C1. The van der Waals surface area contributed by atoms with Crippen molar-refractivity contribution in [2.75, 3.05) is 13.1 Å². The van der Waals surface area contributed by atoms with Crippen molar-refractivity contribution in [1.29, 1.82) is 0 Å². The number of amides is 1. The molecule has 1 aliphatic heterocycles. The molecule has 0 unspecified atom stereocenters. The Balaban J connectivity index is 2.17. The zero-order valence-electron chi connectivity index (χ0n) is 11.5. The quantitative estimate of drug-likeness (QED) is 0.909. The average molecular weight is 325 g/mol. The molecule has 4 heteroatoms. The fraction of sp³-hybridized carbons (Fsp3) is 0.533. The predicted molar refractivity (Wildman–Crippen MR) is 81.2 cm³/mol. The lowest BCUT2D eigenvalue weighted by atomic mass is 9.91. The van der Waals surface area contributed by atoms with E-state index in [-0.39, 0.29) is 11.9 Å². The Morgan fingerprint density at radius 2 is 2.26 bits per heavy atom. The highest BCUT2D eigenvalue weighted by Crippen LogP contribution is 2.24. The van der Waals surface area contributed by atoms with E-state index in [1.807, 2.05) is 36.9 Å². The van der Waals surface area contributed by atoms with Crippen LogP contribution in [-0.4, -0.2) is 29.9 Å². The molecule has 0 saturated carbocycles. The predicted octanol–water partition coefficient (Wildman–Crippen LogP) is 2.96. The van der Waals surface area contributed by atoms with Crippen molar-refractivity contribution in [2.24, 2.45) is 11.7 Å². The molecular formula is C15H21BrN2O. The monoisotopic (exact) mass is 324 g/mol. The third kappa shape index (κ3) is 3.18. The maximum absolute atomic E-state index is 12.6. The Bertz CT molecular complexity index is 473. The van der Waals surface area contributed by atoms with Gasteiger partial charge in [0.2, 0.25) is 0 Å². The first-order valence-corrected chi connectivity index (χ1v) is 7.60. The second kappa shape index (κ2) is 6.06. The highest BCUT2D eigenvalue weighted by molar-refractivity contribution is 9.10. The Hall–Kier alpha value is -0.870. The fourth-order valence-corrected chi connectivity index (χ4v) is 3.00. The van der Waals surface area contributed by atoms with Crippen molar-refractivity contribution in [3.05, 3.63) is 33.8 Å². The number of benzene rings is 1. The average Bonchev–Trinajstić information content (AvgIpc) is 2.41. The largest absolute Gasteiger partial charge is 0.338 e. The number of hydrogen-bond donors (Lipinski definition) is 1. The van der Waals surface area contributed by atoms with Crippen LogP contribution >= 0.6 is 15.9 Å². The van der Waals surface area contributed by atoms with Crippen LogP contribution in [0.2, 0.25) is 0 Å². The van der Waals surface area contributed by atoms with Gasteiger partial charge in [0, 0.05) is 29.2 Å². The molecule has 2 rings (SSSR count). The Kier molecular flexibility index (Phi) is 4.63. The Labute approximate surface area is 123 Å². The number of nitrogens with two attached hydrogens (primary N) is 1. The van der Waals surface area contributed by atoms with Gasteiger partial charge in [-0.3, -0.25) is 4.79 Å². The van der Waals surface area contributed by atoms with Crippen LogP contribution < -0.4 is 5.73 Å². The maximum atomic E-state index is 12.6. The van der Waals surface area contributed by atoms with Gasteiger partial charge in [0.25, 0.3) is 5.91 Å². The van der Waals surface area contributed by atoms with Crippen LogP contribution in [0.5, 0.6) is 0 Å². The molecule has 104 valence electrons. The molecule has 2 N–H and O–H groups in total. The fourth-order valence-electron chi connectivity index (χ4n) is 2.63. The molecule has 1 aliphatic rings. The summed E-state index contributed by atoms with van der Waals surface area (Å²) in [6, 6.07) is 5.93. The van der Waals surface area contributed by atoms with E-state index in [9.17, 15) is 4.79 Å². The molecule has 19 heavy (non-hydrogen) atoms. The minimum absolute atomic E-state index is 0.129. The normalized spacial score (nSPS) is 21.3. The van der Waals surface area contributed by atoms with E-state index in [0.717, 1.165) is 41.5 Å². The molecule has 1 heterocycles. The van der Waals surface area contributed by atoms with Crippen LogP contribution in [0.3, 0.4) is 0 Å². The summed E-state index contributed by atoms with van der Waals surface area (Å²) in [4.78, 5) is 14.6. The molecule has 1 aromatic rings. The van der Waals surface area contributed by atoms with Gasteiger partial charge in [-0.1, -0.05) is 22.0 Å². The van der Waals surface area contributed by atoms with Crippen molar-refractivity contribution in [1.82, 2.24) is 4.90 Å². The van der Waals surface area contributed by atoms with E-state index in [0.29, 0.717) is 5.92 Å². The first-order chi connectivity index (χ1) is 9.00. The second-order valence-electron chi connectivity index (χ2n) is 5.42. The number of carbonyl (C=O) groups excluding carboxylic acids is 1. The Morgan fingerprint density at radius 3 is 2.95 bits per heavy atom. The number of hydrogen-bond acceptors (Lipinski definition) is 2. The maximum Gasteiger partial charge on any atom is 0.254 e. The number of likely N-dealkylation sites (tertiary alicyclic amines) is 1. The number of piperidine rings is 1. The number of carbonyl (C=O) groups is 1. The molecule has 1 fully saturated rings. The smallest absolute Gasteiger partial charge is 0.254 e. The topological polar surface area (TPSA) is 46.3 Å². The standard InChI is InChI=1S/C15H21BrN2O/c1-10-13(6-3-7-14(10)16)15(19)18-8-4-5-12(9-18)11(2)17/h3,6-7,11-12H,4-5,8-9,17H2,1-2H3/t11-,12+/m0/s1. The van der Waals surface area contributed by atoms with Crippen LogP contribution in [0.15, 0.2) is 22.7 Å². The minimum atomic E-state index is 0.129. The molecule has 0 aliphatic carbocycles. The zero-order valence-corrected chi connectivity index (χ0v) is 13.1. The molecule has 0 aromatic heterocycles. The summed E-state index contributed by atoms with van der Waals surface area (Å²) >= 11 is 3.48. The lowest BCUT2D eigenvalue weighted by Gasteiger charge is -2.35. The van der Waals surface area contributed by atoms with Gasteiger partial charge in [-0.25, -0.2) is 0 Å². The van der Waals surface area contributed by atoms with Crippen molar-refractivity contribution < 1.29 is 4.79 Å². The van der Waals surface area contributed by atoms with Gasteiger partial charge in [-0.15, -0.1) is 0 Å². The highest BCUT2D eigenvalue weighted by Gasteiger charge is 2.27.